The molecule has 5 heteroatoms. The van der Waals surface area contributed by atoms with E-state index < -0.39 is 0 Å². The number of benzene rings is 2. The number of aryl methyl sites for hydroxylation is 2. The minimum Gasteiger partial charge on any atom is -0.378 e. The first-order valence-electron chi connectivity index (χ1n) is 9.56. The van der Waals surface area contributed by atoms with Crippen LogP contribution in [-0.4, -0.2) is 32.2 Å². The zero-order valence-electron chi connectivity index (χ0n) is 16.4. The van der Waals surface area contributed by atoms with E-state index in [0.717, 1.165) is 60.8 Å². The molecule has 28 heavy (non-hydrogen) atoms. The van der Waals surface area contributed by atoms with E-state index >= 15 is 0 Å². The van der Waals surface area contributed by atoms with Crippen LogP contribution in [0.1, 0.15) is 23.6 Å². The second-order valence-electron chi connectivity index (χ2n) is 6.77. The number of ether oxygens (including phenoxy) is 1. The Morgan fingerprint density at radius 2 is 2.00 bits per heavy atom. The minimum absolute atomic E-state index is 0.0909. The van der Waals surface area contributed by atoms with Crippen molar-refractivity contribution in [1.29, 1.82) is 5.26 Å². The molecule has 0 atom stereocenters. The van der Waals surface area contributed by atoms with Crippen LogP contribution in [0, 0.1) is 18.3 Å². The molecule has 0 radical (unpaired) electrons. The van der Waals surface area contributed by atoms with Gasteiger partial charge in [0.2, 0.25) is 0 Å². The summed E-state index contributed by atoms with van der Waals surface area (Å²) < 4.78 is 5.40. The van der Waals surface area contributed by atoms with Crippen LogP contribution in [0.3, 0.4) is 0 Å². The van der Waals surface area contributed by atoms with E-state index in [1.54, 1.807) is 6.08 Å². The van der Waals surface area contributed by atoms with Crippen molar-refractivity contribution in [2.45, 2.75) is 20.3 Å². The van der Waals surface area contributed by atoms with Crippen molar-refractivity contribution in [1.82, 2.24) is 0 Å². The molecule has 144 valence electrons. The third-order valence-corrected chi connectivity index (χ3v) is 4.94. The lowest BCUT2D eigenvalue weighted by Gasteiger charge is -2.29. The normalized spacial score (nSPS) is 14.5. The first-order valence-corrected chi connectivity index (χ1v) is 9.56. The van der Waals surface area contributed by atoms with E-state index in [4.69, 9.17) is 4.74 Å². The fraction of sp³-hybridized carbons (Fsp3) is 0.304. The van der Waals surface area contributed by atoms with E-state index in [0.29, 0.717) is 0 Å². The summed E-state index contributed by atoms with van der Waals surface area (Å²) in [6.45, 7) is 7.24. The maximum absolute atomic E-state index is 12.6. The summed E-state index contributed by atoms with van der Waals surface area (Å²) in [5.41, 5.74) is 4.91. The van der Waals surface area contributed by atoms with Crippen LogP contribution in [-0.2, 0) is 16.0 Å². The number of carbonyl (C=O) groups excluding carboxylic acids is 1. The Morgan fingerprint density at radius 3 is 2.68 bits per heavy atom. The zero-order chi connectivity index (χ0) is 19.9. The number of hydrogen-bond donors (Lipinski definition) is 1. The van der Waals surface area contributed by atoms with Gasteiger partial charge in [-0.25, -0.2) is 0 Å². The zero-order valence-corrected chi connectivity index (χ0v) is 16.4. The smallest absolute Gasteiger partial charge is 0.266 e. The lowest BCUT2D eigenvalue weighted by molar-refractivity contribution is -0.112. The molecule has 0 bridgehead atoms. The Bertz CT molecular complexity index is 922. The molecule has 1 aliphatic heterocycles. The van der Waals surface area contributed by atoms with E-state index in [-0.39, 0.29) is 11.5 Å². The number of nitrogens with zero attached hydrogens (tertiary/aromatic N) is 2. The highest BCUT2D eigenvalue weighted by atomic mass is 16.5. The van der Waals surface area contributed by atoms with Crippen LogP contribution in [0.25, 0.3) is 6.08 Å². The molecule has 0 unspecified atom stereocenters. The summed E-state index contributed by atoms with van der Waals surface area (Å²) in [6, 6.07) is 15.8. The van der Waals surface area contributed by atoms with Gasteiger partial charge in [0.1, 0.15) is 11.6 Å². The van der Waals surface area contributed by atoms with E-state index in [1.807, 2.05) is 56.3 Å². The molecule has 0 saturated carbocycles. The van der Waals surface area contributed by atoms with Gasteiger partial charge in [0.15, 0.2) is 0 Å². The maximum atomic E-state index is 12.6. The standard InChI is InChI=1S/C23H25N3O2/c1-3-18-6-4-5-7-22(18)25-23(27)20(16-24)15-19-8-9-21(14-17(19)2)26-10-12-28-13-11-26/h4-9,14-15H,3,10-13H2,1-2H3,(H,25,27)/b20-15-. The Labute approximate surface area is 166 Å². The van der Waals surface area contributed by atoms with Crippen molar-refractivity contribution in [3.05, 3.63) is 64.7 Å². The summed E-state index contributed by atoms with van der Waals surface area (Å²) in [6.07, 6.45) is 2.46. The van der Waals surface area contributed by atoms with Crippen LogP contribution >= 0.6 is 0 Å². The molecule has 1 heterocycles. The monoisotopic (exact) mass is 375 g/mol. The minimum atomic E-state index is -0.389. The second-order valence-corrected chi connectivity index (χ2v) is 6.77. The van der Waals surface area contributed by atoms with Gasteiger partial charge in [0, 0.05) is 24.5 Å². The highest BCUT2D eigenvalue weighted by Crippen LogP contribution is 2.23. The lowest BCUT2D eigenvalue weighted by Crippen LogP contribution is -2.36. The van der Waals surface area contributed by atoms with E-state index in [9.17, 15) is 10.1 Å². The Morgan fingerprint density at radius 1 is 1.25 bits per heavy atom. The predicted octanol–water partition coefficient (Wildman–Crippen LogP) is 3.94. The van der Waals surface area contributed by atoms with E-state index in [1.165, 1.54) is 0 Å². The molecule has 0 spiro atoms. The molecule has 1 N–H and O–H groups in total. The molecule has 1 fully saturated rings. The van der Waals surface area contributed by atoms with Crippen molar-refractivity contribution < 1.29 is 9.53 Å². The molecule has 2 aromatic rings. The number of rotatable bonds is 5. The number of carbonyl (C=O) groups is 1. The number of anilines is 2. The number of morpholine rings is 1. The largest absolute Gasteiger partial charge is 0.378 e. The third-order valence-electron chi connectivity index (χ3n) is 4.94. The fourth-order valence-electron chi connectivity index (χ4n) is 3.28. The van der Waals surface area contributed by atoms with Crippen LogP contribution in [0.4, 0.5) is 11.4 Å². The molecular formula is C23H25N3O2. The first-order chi connectivity index (χ1) is 13.6. The molecule has 1 amide bonds. The third kappa shape index (κ3) is 4.59. The first kappa shape index (κ1) is 19.7. The molecule has 5 nitrogen and oxygen atoms in total. The van der Waals surface area contributed by atoms with Crippen LogP contribution in [0.15, 0.2) is 48.0 Å². The van der Waals surface area contributed by atoms with Crippen molar-refractivity contribution in [3.8, 4) is 6.07 Å². The SMILES string of the molecule is CCc1ccccc1NC(=O)/C(C#N)=C\c1ccc(N2CCOCC2)cc1C. The number of amides is 1. The molecule has 0 aromatic heterocycles. The summed E-state index contributed by atoms with van der Waals surface area (Å²) in [7, 11) is 0. The Kier molecular flexibility index (Phi) is 6.46. The van der Waals surface area contributed by atoms with Crippen LogP contribution in [0.2, 0.25) is 0 Å². The van der Waals surface area contributed by atoms with Crippen molar-refractivity contribution in [3.63, 3.8) is 0 Å². The van der Waals surface area contributed by atoms with Gasteiger partial charge in [-0.15, -0.1) is 0 Å². The molecular weight excluding hydrogens is 350 g/mol. The number of nitrogens with one attached hydrogen (secondary N) is 1. The van der Waals surface area contributed by atoms with Gasteiger partial charge < -0.3 is 15.0 Å². The van der Waals surface area contributed by atoms with Gasteiger partial charge in [-0.1, -0.05) is 31.2 Å². The Hall–Kier alpha value is -3.10. The molecule has 0 aliphatic carbocycles. The fourth-order valence-corrected chi connectivity index (χ4v) is 3.28. The topological polar surface area (TPSA) is 65.4 Å². The summed E-state index contributed by atoms with van der Waals surface area (Å²) in [4.78, 5) is 14.9. The second kappa shape index (κ2) is 9.20. The van der Waals surface area contributed by atoms with Gasteiger partial charge in [-0.3, -0.25) is 4.79 Å². The Balaban J connectivity index is 1.80. The lowest BCUT2D eigenvalue weighted by atomic mass is 10.0. The van der Waals surface area contributed by atoms with Crippen molar-refractivity contribution in [2.24, 2.45) is 0 Å². The number of hydrogen-bond acceptors (Lipinski definition) is 4. The molecule has 1 aliphatic rings. The van der Waals surface area contributed by atoms with Crippen molar-refractivity contribution in [2.75, 3.05) is 36.5 Å². The molecule has 3 rings (SSSR count). The van der Waals surface area contributed by atoms with Gasteiger partial charge in [-0.05, 0) is 54.3 Å². The number of para-hydroxylation sites is 1. The average molecular weight is 375 g/mol. The summed E-state index contributed by atoms with van der Waals surface area (Å²) in [5.74, 6) is -0.389. The maximum Gasteiger partial charge on any atom is 0.266 e. The van der Waals surface area contributed by atoms with Crippen LogP contribution < -0.4 is 10.2 Å². The van der Waals surface area contributed by atoms with Gasteiger partial charge in [0.25, 0.3) is 5.91 Å². The van der Waals surface area contributed by atoms with E-state index in [2.05, 4.69) is 16.3 Å². The average Bonchev–Trinajstić information content (AvgIpc) is 2.73. The summed E-state index contributed by atoms with van der Waals surface area (Å²) >= 11 is 0. The van der Waals surface area contributed by atoms with Crippen molar-refractivity contribution >= 4 is 23.4 Å². The highest BCUT2D eigenvalue weighted by molar-refractivity contribution is 6.10. The quantitative estimate of drug-likeness (QED) is 0.635. The predicted molar refractivity (Wildman–Crippen MR) is 112 cm³/mol. The van der Waals surface area contributed by atoms with Gasteiger partial charge in [-0.2, -0.15) is 5.26 Å². The van der Waals surface area contributed by atoms with Crippen LogP contribution in [0.5, 0.6) is 0 Å². The number of nitriles is 1. The van der Waals surface area contributed by atoms with Gasteiger partial charge in [0.05, 0.1) is 13.2 Å². The molecule has 2 aromatic carbocycles. The van der Waals surface area contributed by atoms with Gasteiger partial charge >= 0.3 is 0 Å². The highest BCUT2D eigenvalue weighted by Gasteiger charge is 2.14. The summed E-state index contributed by atoms with van der Waals surface area (Å²) in [5, 5.41) is 12.4. The molecule has 1 saturated heterocycles.